The average molecular weight is 376 g/mol. The summed E-state index contributed by atoms with van der Waals surface area (Å²) in [6.07, 6.45) is 0. The van der Waals surface area contributed by atoms with Crippen molar-refractivity contribution < 1.29 is 13.9 Å². The number of amides is 1. The first-order valence-electron chi connectivity index (χ1n) is 7.81. The fourth-order valence-electron chi connectivity index (χ4n) is 2.20. The molecule has 1 heterocycles. The minimum Gasteiger partial charge on any atom is -0.486 e. The summed E-state index contributed by atoms with van der Waals surface area (Å²) in [5.41, 5.74) is 0.837. The Morgan fingerprint density at radius 1 is 1.27 bits per heavy atom. The zero-order chi connectivity index (χ0) is 18.5. The van der Waals surface area contributed by atoms with Gasteiger partial charge in [-0.25, -0.2) is 9.07 Å². The van der Waals surface area contributed by atoms with Crippen LogP contribution in [0.5, 0.6) is 5.75 Å². The number of nitrogens with one attached hydrogen (secondary N) is 1. The third-order valence-electron chi connectivity index (χ3n) is 3.57. The van der Waals surface area contributed by atoms with Crippen molar-refractivity contribution in [3.05, 3.63) is 64.7 Å². The third kappa shape index (κ3) is 4.15. The van der Waals surface area contributed by atoms with Gasteiger partial charge in [-0.2, -0.15) is 0 Å². The van der Waals surface area contributed by atoms with E-state index in [1.807, 2.05) is 6.92 Å². The molecular formula is C17H15ClFN5O2. The number of ether oxygens (including phenoxy) is 1. The van der Waals surface area contributed by atoms with Crippen molar-refractivity contribution in [2.24, 2.45) is 0 Å². The Bertz CT molecular complexity index is 914. The van der Waals surface area contributed by atoms with E-state index in [4.69, 9.17) is 16.3 Å². The van der Waals surface area contributed by atoms with Gasteiger partial charge in [-0.1, -0.05) is 11.6 Å². The molecule has 2 aromatic carbocycles. The summed E-state index contributed by atoms with van der Waals surface area (Å²) in [5.74, 6) is 0.314. The van der Waals surface area contributed by atoms with Gasteiger partial charge in [-0.05, 0) is 59.8 Å². The minimum atomic E-state index is -0.541. The summed E-state index contributed by atoms with van der Waals surface area (Å²) < 4.78 is 20.4. The number of benzene rings is 2. The van der Waals surface area contributed by atoms with Crippen LogP contribution in [0.2, 0.25) is 5.02 Å². The number of anilines is 1. The number of nitrogens with zero attached hydrogens (tertiary/aromatic N) is 4. The highest BCUT2D eigenvalue weighted by Crippen LogP contribution is 2.20. The Balaban J connectivity index is 1.61. The molecule has 0 aliphatic carbocycles. The first-order valence-corrected chi connectivity index (χ1v) is 8.19. The van der Waals surface area contributed by atoms with E-state index in [2.05, 4.69) is 20.8 Å². The largest absolute Gasteiger partial charge is 0.486 e. The van der Waals surface area contributed by atoms with Crippen molar-refractivity contribution in [1.29, 1.82) is 0 Å². The molecule has 1 N–H and O–H groups in total. The Morgan fingerprint density at radius 3 is 2.73 bits per heavy atom. The van der Waals surface area contributed by atoms with Crippen LogP contribution in [0.4, 0.5) is 10.1 Å². The molecule has 0 atom stereocenters. The highest BCUT2D eigenvalue weighted by molar-refractivity contribution is 6.31. The molecule has 0 aliphatic rings. The summed E-state index contributed by atoms with van der Waals surface area (Å²) in [5, 5.41) is 13.9. The molecule has 0 aliphatic heterocycles. The second kappa shape index (κ2) is 7.92. The Hall–Kier alpha value is -3.00. The molecule has 0 saturated heterocycles. The van der Waals surface area contributed by atoms with Gasteiger partial charge >= 0.3 is 0 Å². The van der Waals surface area contributed by atoms with Crippen LogP contribution in [0.3, 0.4) is 0 Å². The maximum Gasteiger partial charge on any atom is 0.255 e. The predicted octanol–water partition coefficient (Wildman–Crippen LogP) is 3.32. The lowest BCUT2D eigenvalue weighted by molar-refractivity contribution is 0.102. The number of aromatic nitrogens is 4. The van der Waals surface area contributed by atoms with Crippen molar-refractivity contribution in [3.63, 3.8) is 0 Å². The number of halogens is 2. The number of hydrogen-bond donors (Lipinski definition) is 1. The molecule has 0 fully saturated rings. The molecule has 9 heteroatoms. The van der Waals surface area contributed by atoms with Crippen LogP contribution < -0.4 is 10.1 Å². The van der Waals surface area contributed by atoms with Crippen LogP contribution in [-0.4, -0.2) is 26.1 Å². The first kappa shape index (κ1) is 17.8. The van der Waals surface area contributed by atoms with Gasteiger partial charge in [0, 0.05) is 17.8 Å². The van der Waals surface area contributed by atoms with Gasteiger partial charge in [-0.15, -0.1) is 5.10 Å². The maximum absolute atomic E-state index is 13.2. The van der Waals surface area contributed by atoms with E-state index in [0.29, 0.717) is 29.4 Å². The Kier molecular flexibility index (Phi) is 5.43. The number of aryl methyl sites for hydroxylation is 1. The van der Waals surface area contributed by atoms with Crippen LogP contribution >= 0.6 is 11.6 Å². The van der Waals surface area contributed by atoms with Crippen LogP contribution in [0.25, 0.3) is 0 Å². The molecule has 3 rings (SSSR count). The molecule has 26 heavy (non-hydrogen) atoms. The second-order valence-electron chi connectivity index (χ2n) is 5.31. The van der Waals surface area contributed by atoms with Crippen LogP contribution in [-0.2, 0) is 13.2 Å². The van der Waals surface area contributed by atoms with Gasteiger partial charge in [0.25, 0.3) is 5.91 Å². The molecule has 134 valence electrons. The average Bonchev–Trinajstić information content (AvgIpc) is 3.11. The van der Waals surface area contributed by atoms with Crippen molar-refractivity contribution in [3.8, 4) is 5.75 Å². The summed E-state index contributed by atoms with van der Waals surface area (Å²) in [6, 6.07) is 10.6. The van der Waals surface area contributed by atoms with Gasteiger partial charge < -0.3 is 10.1 Å². The monoisotopic (exact) mass is 375 g/mol. The van der Waals surface area contributed by atoms with Gasteiger partial charge in [0.1, 0.15) is 18.2 Å². The SMILES string of the molecule is CCn1nnnc1COc1ccc(C(=O)Nc2ccc(F)c(Cl)c2)cc1. The van der Waals surface area contributed by atoms with E-state index in [1.54, 1.807) is 28.9 Å². The fraction of sp³-hybridized carbons (Fsp3) is 0.176. The fourth-order valence-corrected chi connectivity index (χ4v) is 2.38. The second-order valence-corrected chi connectivity index (χ2v) is 5.71. The van der Waals surface area contributed by atoms with Gasteiger partial charge in [0.05, 0.1) is 5.02 Å². The smallest absolute Gasteiger partial charge is 0.255 e. The van der Waals surface area contributed by atoms with Gasteiger partial charge in [0.15, 0.2) is 5.82 Å². The van der Waals surface area contributed by atoms with Crippen molar-refractivity contribution in [2.75, 3.05) is 5.32 Å². The van der Waals surface area contributed by atoms with Crippen molar-refractivity contribution in [2.45, 2.75) is 20.1 Å². The Morgan fingerprint density at radius 2 is 2.04 bits per heavy atom. The van der Waals surface area contributed by atoms with E-state index in [0.717, 1.165) is 0 Å². The van der Waals surface area contributed by atoms with Crippen molar-refractivity contribution >= 4 is 23.2 Å². The van der Waals surface area contributed by atoms with E-state index in [9.17, 15) is 9.18 Å². The molecule has 0 radical (unpaired) electrons. The lowest BCUT2D eigenvalue weighted by Crippen LogP contribution is -2.12. The predicted molar refractivity (Wildman–Crippen MR) is 93.6 cm³/mol. The topological polar surface area (TPSA) is 81.9 Å². The lowest BCUT2D eigenvalue weighted by atomic mass is 10.2. The van der Waals surface area contributed by atoms with Gasteiger partial charge in [0.2, 0.25) is 0 Å². The molecule has 0 spiro atoms. The number of rotatable bonds is 6. The lowest BCUT2D eigenvalue weighted by Gasteiger charge is -2.08. The first-order chi connectivity index (χ1) is 12.6. The highest BCUT2D eigenvalue weighted by Gasteiger charge is 2.09. The molecule has 0 unspecified atom stereocenters. The molecule has 7 nitrogen and oxygen atoms in total. The van der Waals surface area contributed by atoms with Crippen molar-refractivity contribution in [1.82, 2.24) is 20.2 Å². The molecule has 3 aromatic rings. The molecule has 0 saturated carbocycles. The molecular weight excluding hydrogens is 361 g/mol. The quantitative estimate of drug-likeness (QED) is 0.714. The summed E-state index contributed by atoms with van der Waals surface area (Å²) in [7, 11) is 0. The normalized spacial score (nSPS) is 10.6. The van der Waals surface area contributed by atoms with Crippen LogP contribution in [0, 0.1) is 5.82 Å². The van der Waals surface area contributed by atoms with E-state index in [-0.39, 0.29) is 17.5 Å². The van der Waals surface area contributed by atoms with Gasteiger partial charge in [-0.3, -0.25) is 4.79 Å². The molecule has 0 bridgehead atoms. The maximum atomic E-state index is 13.2. The molecule has 1 aromatic heterocycles. The van der Waals surface area contributed by atoms with E-state index in [1.165, 1.54) is 18.2 Å². The molecule has 1 amide bonds. The van der Waals surface area contributed by atoms with E-state index >= 15 is 0 Å². The number of carbonyl (C=O) groups excluding carboxylic acids is 1. The number of tetrazole rings is 1. The summed E-state index contributed by atoms with van der Waals surface area (Å²) in [6.45, 7) is 2.81. The highest BCUT2D eigenvalue weighted by atomic mass is 35.5. The van der Waals surface area contributed by atoms with Crippen LogP contribution in [0.1, 0.15) is 23.1 Å². The van der Waals surface area contributed by atoms with E-state index < -0.39 is 5.82 Å². The zero-order valence-electron chi connectivity index (χ0n) is 13.8. The standard InChI is InChI=1S/C17H15ClFN5O2/c1-2-24-16(21-22-23-24)10-26-13-6-3-11(4-7-13)17(25)20-12-5-8-15(19)14(18)9-12/h3-9H,2,10H2,1H3,(H,20,25). The zero-order valence-corrected chi connectivity index (χ0v) is 14.6. The number of hydrogen-bond acceptors (Lipinski definition) is 5. The third-order valence-corrected chi connectivity index (χ3v) is 3.86. The Labute approximate surface area is 153 Å². The van der Waals surface area contributed by atoms with Crippen LogP contribution in [0.15, 0.2) is 42.5 Å². The number of carbonyl (C=O) groups is 1. The minimum absolute atomic E-state index is 0.0547. The summed E-state index contributed by atoms with van der Waals surface area (Å²) >= 11 is 5.70. The summed E-state index contributed by atoms with van der Waals surface area (Å²) in [4.78, 5) is 12.2.